The van der Waals surface area contributed by atoms with Crippen LogP contribution in [0.4, 0.5) is 10.6 Å². The van der Waals surface area contributed by atoms with E-state index in [9.17, 15) is 4.79 Å². The second kappa shape index (κ2) is 3.61. The number of aromatic nitrogens is 1. The van der Waals surface area contributed by atoms with Gasteiger partial charge in [-0.25, -0.2) is 9.78 Å². The molecule has 0 unspecified atom stereocenters. The molecule has 90 valence electrons. The van der Waals surface area contributed by atoms with Crippen LogP contribution in [0.2, 0.25) is 0 Å². The highest BCUT2D eigenvalue weighted by atomic mass is 16.6. The Kier molecular flexibility index (Phi) is 2.21. The van der Waals surface area contributed by atoms with Crippen molar-refractivity contribution in [2.24, 2.45) is 11.1 Å². The number of amides is 1. The molecule has 0 atom stereocenters. The fourth-order valence-electron chi connectivity index (χ4n) is 2.88. The number of carbonyl (C=O) groups excluding carboxylic acids is 1. The van der Waals surface area contributed by atoms with Crippen LogP contribution in [0.25, 0.3) is 0 Å². The van der Waals surface area contributed by atoms with E-state index in [0.29, 0.717) is 5.41 Å². The molecule has 2 fully saturated rings. The molecular formula is C12H15N3O2. The Labute approximate surface area is 99.6 Å². The molecule has 2 N–H and O–H groups in total. The van der Waals surface area contributed by atoms with Crippen molar-refractivity contribution in [2.75, 3.05) is 18.0 Å². The first-order valence-corrected chi connectivity index (χ1v) is 5.79. The van der Waals surface area contributed by atoms with Crippen molar-refractivity contribution in [2.45, 2.75) is 18.9 Å². The molecule has 1 aromatic heterocycles. The first-order valence-electron chi connectivity index (χ1n) is 5.79. The van der Waals surface area contributed by atoms with Gasteiger partial charge in [-0.2, -0.15) is 0 Å². The molecule has 2 aliphatic rings. The Morgan fingerprint density at radius 3 is 2.82 bits per heavy atom. The lowest BCUT2D eigenvalue weighted by molar-refractivity contribution is -0.0549. The number of primary amides is 1. The lowest BCUT2D eigenvalue weighted by Crippen LogP contribution is -2.64. The lowest BCUT2D eigenvalue weighted by Gasteiger charge is -2.58. The molecule has 1 amide bonds. The third kappa shape index (κ3) is 1.81. The summed E-state index contributed by atoms with van der Waals surface area (Å²) < 4.78 is 4.96. The van der Waals surface area contributed by atoms with Crippen molar-refractivity contribution in [1.29, 1.82) is 0 Å². The summed E-state index contributed by atoms with van der Waals surface area (Å²) >= 11 is 0. The molecule has 1 aliphatic carbocycles. The number of anilines is 1. The van der Waals surface area contributed by atoms with E-state index < -0.39 is 6.09 Å². The van der Waals surface area contributed by atoms with Crippen molar-refractivity contribution in [1.82, 2.24) is 4.98 Å². The average molecular weight is 233 g/mol. The summed E-state index contributed by atoms with van der Waals surface area (Å²) in [6, 6.07) is 5.93. The molecule has 3 rings (SSSR count). The number of nitrogens with two attached hydrogens (primary N) is 1. The minimum Gasteiger partial charge on any atom is -0.446 e. The molecule has 1 spiro atoms. The fourth-order valence-corrected chi connectivity index (χ4v) is 2.88. The Morgan fingerprint density at radius 1 is 1.47 bits per heavy atom. The van der Waals surface area contributed by atoms with Crippen LogP contribution in [0.5, 0.6) is 0 Å². The number of rotatable bonds is 2. The van der Waals surface area contributed by atoms with Gasteiger partial charge in [0.2, 0.25) is 0 Å². The van der Waals surface area contributed by atoms with Gasteiger partial charge in [-0.3, -0.25) is 0 Å². The van der Waals surface area contributed by atoms with Crippen molar-refractivity contribution in [3.63, 3.8) is 0 Å². The molecule has 1 saturated carbocycles. The van der Waals surface area contributed by atoms with Gasteiger partial charge >= 0.3 is 6.09 Å². The van der Waals surface area contributed by atoms with Gasteiger partial charge in [-0.15, -0.1) is 0 Å². The smallest absolute Gasteiger partial charge is 0.404 e. The highest BCUT2D eigenvalue weighted by Gasteiger charge is 2.54. The zero-order valence-electron chi connectivity index (χ0n) is 9.50. The van der Waals surface area contributed by atoms with Gasteiger partial charge in [0.15, 0.2) is 0 Å². The Morgan fingerprint density at radius 2 is 2.24 bits per heavy atom. The first-order chi connectivity index (χ1) is 8.17. The highest BCUT2D eigenvalue weighted by Crippen LogP contribution is 2.50. The molecule has 1 saturated heterocycles. The zero-order chi connectivity index (χ0) is 11.9. The van der Waals surface area contributed by atoms with Crippen LogP contribution >= 0.6 is 0 Å². The lowest BCUT2D eigenvalue weighted by atomic mass is 9.62. The Bertz CT molecular complexity index is 421. The third-order valence-electron chi connectivity index (χ3n) is 3.63. The topological polar surface area (TPSA) is 68.5 Å². The summed E-state index contributed by atoms with van der Waals surface area (Å²) in [5.74, 6) is 1.03. The SMILES string of the molecule is NC(=O)OC1CC2(C1)CN(c1ccccn1)C2. The predicted molar refractivity (Wildman–Crippen MR) is 62.6 cm³/mol. The summed E-state index contributed by atoms with van der Waals surface area (Å²) in [5.41, 5.74) is 5.32. The molecule has 2 heterocycles. The van der Waals surface area contributed by atoms with E-state index in [1.165, 1.54) is 0 Å². The number of pyridine rings is 1. The van der Waals surface area contributed by atoms with Crippen molar-refractivity contribution < 1.29 is 9.53 Å². The number of hydrogen-bond acceptors (Lipinski definition) is 4. The van der Waals surface area contributed by atoms with Gasteiger partial charge in [0.1, 0.15) is 11.9 Å². The summed E-state index contributed by atoms with van der Waals surface area (Å²) in [5, 5.41) is 0. The number of ether oxygens (including phenoxy) is 1. The van der Waals surface area contributed by atoms with E-state index in [1.807, 2.05) is 18.2 Å². The van der Waals surface area contributed by atoms with Crippen LogP contribution in [-0.4, -0.2) is 30.3 Å². The minimum absolute atomic E-state index is 0.0263. The van der Waals surface area contributed by atoms with Crippen molar-refractivity contribution in [3.05, 3.63) is 24.4 Å². The van der Waals surface area contributed by atoms with Crippen LogP contribution in [0.3, 0.4) is 0 Å². The molecule has 1 aliphatic heterocycles. The largest absolute Gasteiger partial charge is 0.446 e. The molecule has 17 heavy (non-hydrogen) atoms. The maximum absolute atomic E-state index is 10.6. The van der Waals surface area contributed by atoms with E-state index in [2.05, 4.69) is 9.88 Å². The zero-order valence-corrected chi connectivity index (χ0v) is 9.50. The molecule has 0 aromatic carbocycles. The van der Waals surface area contributed by atoms with Crippen LogP contribution in [0.1, 0.15) is 12.8 Å². The summed E-state index contributed by atoms with van der Waals surface area (Å²) in [7, 11) is 0. The van der Waals surface area contributed by atoms with Crippen molar-refractivity contribution >= 4 is 11.9 Å². The minimum atomic E-state index is -0.661. The third-order valence-corrected chi connectivity index (χ3v) is 3.63. The van der Waals surface area contributed by atoms with Crippen LogP contribution in [0, 0.1) is 5.41 Å². The second-order valence-electron chi connectivity index (χ2n) is 5.01. The monoisotopic (exact) mass is 233 g/mol. The number of nitrogens with zero attached hydrogens (tertiary/aromatic N) is 2. The van der Waals surface area contributed by atoms with Gasteiger partial charge in [0, 0.05) is 24.7 Å². The molecule has 0 radical (unpaired) electrons. The average Bonchev–Trinajstić information content (AvgIpc) is 2.20. The van der Waals surface area contributed by atoms with Crippen molar-refractivity contribution in [3.8, 4) is 0 Å². The van der Waals surface area contributed by atoms with Gasteiger partial charge in [0.25, 0.3) is 0 Å². The fraction of sp³-hybridized carbons (Fsp3) is 0.500. The van der Waals surface area contributed by atoms with Gasteiger partial charge in [-0.05, 0) is 25.0 Å². The highest BCUT2D eigenvalue weighted by molar-refractivity contribution is 5.65. The van der Waals surface area contributed by atoms with Gasteiger partial charge in [0.05, 0.1) is 0 Å². The van der Waals surface area contributed by atoms with Crippen LogP contribution in [-0.2, 0) is 4.74 Å². The molecule has 5 heteroatoms. The summed E-state index contributed by atoms with van der Waals surface area (Å²) in [6.07, 6.45) is 3.03. The predicted octanol–water partition coefficient (Wildman–Crippen LogP) is 1.15. The van der Waals surface area contributed by atoms with E-state index >= 15 is 0 Å². The normalized spacial score (nSPS) is 21.8. The van der Waals surface area contributed by atoms with E-state index in [0.717, 1.165) is 31.7 Å². The molecule has 0 bridgehead atoms. The quantitative estimate of drug-likeness (QED) is 0.831. The van der Waals surface area contributed by atoms with Gasteiger partial charge in [-0.1, -0.05) is 6.07 Å². The maximum Gasteiger partial charge on any atom is 0.404 e. The molecular weight excluding hydrogens is 218 g/mol. The standard InChI is InChI=1S/C12H15N3O2/c13-11(16)17-9-5-12(6-9)7-15(8-12)10-3-1-2-4-14-10/h1-4,9H,5-8H2,(H2,13,16). The maximum atomic E-state index is 10.6. The molecule has 5 nitrogen and oxygen atoms in total. The van der Waals surface area contributed by atoms with Crippen LogP contribution in [0.15, 0.2) is 24.4 Å². The van der Waals surface area contributed by atoms with Gasteiger partial charge < -0.3 is 15.4 Å². The van der Waals surface area contributed by atoms with E-state index in [1.54, 1.807) is 6.20 Å². The summed E-state index contributed by atoms with van der Waals surface area (Å²) in [6.45, 7) is 2.01. The number of carbonyl (C=O) groups is 1. The number of hydrogen-bond donors (Lipinski definition) is 1. The Balaban J connectivity index is 1.52. The first kappa shape index (κ1) is 10.4. The van der Waals surface area contributed by atoms with E-state index in [4.69, 9.17) is 10.5 Å². The molecule has 1 aromatic rings. The van der Waals surface area contributed by atoms with Crippen LogP contribution < -0.4 is 10.6 Å². The second-order valence-corrected chi connectivity index (χ2v) is 5.01. The summed E-state index contributed by atoms with van der Waals surface area (Å²) in [4.78, 5) is 17.1. The van der Waals surface area contributed by atoms with E-state index in [-0.39, 0.29) is 6.10 Å². The Hall–Kier alpha value is -1.78.